The molecule has 0 heterocycles. The summed E-state index contributed by atoms with van der Waals surface area (Å²) in [6.07, 6.45) is -3.57. The topological polar surface area (TPSA) is 36.9 Å². The van der Waals surface area contributed by atoms with Gasteiger partial charge in [-0.25, -0.2) is 4.39 Å². The Morgan fingerprint density at radius 1 is 0.800 bits per heavy atom. The molecule has 0 aliphatic carbocycles. The number of rotatable bonds is 16. The highest BCUT2D eigenvalue weighted by Gasteiger charge is 2.67. The van der Waals surface area contributed by atoms with Crippen molar-refractivity contribution in [1.82, 2.24) is 0 Å². The number of benzene rings is 1. The van der Waals surface area contributed by atoms with Gasteiger partial charge in [0.15, 0.2) is 6.17 Å². The lowest BCUT2D eigenvalue weighted by molar-refractivity contribution is -0.181. The first kappa shape index (κ1) is 26.8. The molecular formula is C20H31F5O4Si. The molecule has 1 rings (SSSR count). The van der Waals surface area contributed by atoms with Gasteiger partial charge in [0.05, 0.1) is 6.42 Å². The molecule has 0 radical (unpaired) electrons. The lowest BCUT2D eigenvalue weighted by Crippen LogP contribution is -2.63. The Bertz CT molecular complexity index is 580. The maximum atomic E-state index is 14.3. The van der Waals surface area contributed by atoms with E-state index in [2.05, 4.69) is 4.74 Å². The van der Waals surface area contributed by atoms with Crippen molar-refractivity contribution < 1.29 is 40.0 Å². The zero-order valence-electron chi connectivity index (χ0n) is 17.6. The first-order chi connectivity index (χ1) is 14.1. The lowest BCUT2D eigenvalue weighted by Gasteiger charge is -2.33. The fourth-order valence-corrected chi connectivity index (χ4v) is 4.95. The van der Waals surface area contributed by atoms with Crippen molar-refractivity contribution in [2.45, 2.75) is 69.2 Å². The van der Waals surface area contributed by atoms with Crippen LogP contribution in [0.5, 0.6) is 5.75 Å². The maximum absolute atomic E-state index is 14.3. The third-order valence-electron chi connectivity index (χ3n) is 4.79. The second kappa shape index (κ2) is 12.6. The van der Waals surface area contributed by atoms with Crippen LogP contribution in [-0.4, -0.2) is 48.0 Å². The fraction of sp³-hybridized carbons (Fsp3) is 0.700. The Labute approximate surface area is 176 Å². The molecule has 0 N–H and O–H groups in total. The first-order valence-electron chi connectivity index (χ1n) is 9.93. The second-order valence-corrected chi connectivity index (χ2v) is 9.98. The van der Waals surface area contributed by atoms with Crippen LogP contribution in [-0.2, 0) is 13.3 Å². The molecule has 0 saturated carbocycles. The third kappa shape index (κ3) is 7.79. The van der Waals surface area contributed by atoms with Crippen LogP contribution in [0.25, 0.3) is 0 Å². The molecule has 10 heteroatoms. The SMILES string of the molecule is CO[Si](OC)(OC)C(F)(F)C(F)CCCCCCCCC(F)(F)Oc1ccccc1. The van der Waals surface area contributed by atoms with Crippen LogP contribution < -0.4 is 4.74 Å². The highest BCUT2D eigenvalue weighted by molar-refractivity contribution is 6.63. The molecule has 0 fully saturated rings. The number of hydrogen-bond acceptors (Lipinski definition) is 4. The predicted octanol–water partition coefficient (Wildman–Crippen LogP) is 6.17. The first-order valence-corrected chi connectivity index (χ1v) is 11.7. The van der Waals surface area contributed by atoms with Crippen LogP contribution in [0.3, 0.4) is 0 Å². The third-order valence-corrected chi connectivity index (χ3v) is 7.54. The Hall–Kier alpha value is -1.23. The minimum Gasteiger partial charge on any atom is -0.433 e. The van der Waals surface area contributed by atoms with Crippen LogP contribution >= 0.6 is 0 Å². The number of alkyl halides is 5. The summed E-state index contributed by atoms with van der Waals surface area (Å²) in [4.78, 5) is 0. The van der Waals surface area contributed by atoms with Crippen molar-refractivity contribution in [2.75, 3.05) is 21.3 Å². The van der Waals surface area contributed by atoms with Gasteiger partial charge in [-0.2, -0.15) is 17.6 Å². The zero-order valence-corrected chi connectivity index (χ0v) is 18.6. The van der Waals surface area contributed by atoms with Gasteiger partial charge in [0, 0.05) is 21.3 Å². The summed E-state index contributed by atoms with van der Waals surface area (Å²) >= 11 is 0. The average molecular weight is 459 g/mol. The Morgan fingerprint density at radius 3 is 1.83 bits per heavy atom. The normalized spacial score (nSPS) is 14.0. The summed E-state index contributed by atoms with van der Waals surface area (Å²) in [5.41, 5.74) is -3.85. The van der Waals surface area contributed by atoms with E-state index in [0.29, 0.717) is 25.7 Å². The highest BCUT2D eigenvalue weighted by atomic mass is 28.4. The van der Waals surface area contributed by atoms with Gasteiger partial charge in [0.2, 0.25) is 0 Å². The second-order valence-electron chi connectivity index (χ2n) is 6.97. The van der Waals surface area contributed by atoms with Crippen LogP contribution in [0.15, 0.2) is 30.3 Å². The fourth-order valence-electron chi connectivity index (χ4n) is 3.10. The highest BCUT2D eigenvalue weighted by Crippen LogP contribution is 2.36. The van der Waals surface area contributed by atoms with Crippen molar-refractivity contribution in [2.24, 2.45) is 0 Å². The van der Waals surface area contributed by atoms with E-state index in [0.717, 1.165) is 21.3 Å². The van der Waals surface area contributed by atoms with Crippen molar-refractivity contribution in [3.8, 4) is 5.75 Å². The molecule has 1 aromatic rings. The molecule has 0 saturated heterocycles. The van der Waals surface area contributed by atoms with Crippen LogP contribution in [0, 0.1) is 0 Å². The van der Waals surface area contributed by atoms with E-state index >= 15 is 0 Å². The summed E-state index contributed by atoms with van der Waals surface area (Å²) in [5, 5.41) is 0. The minimum absolute atomic E-state index is 0.113. The van der Waals surface area contributed by atoms with Crippen molar-refractivity contribution in [3.05, 3.63) is 30.3 Å². The molecule has 174 valence electrons. The quantitative estimate of drug-likeness (QED) is 0.169. The zero-order chi connectivity index (χ0) is 22.7. The van der Waals surface area contributed by atoms with E-state index in [4.69, 9.17) is 13.3 Å². The number of para-hydroxylation sites is 1. The van der Waals surface area contributed by atoms with Crippen molar-refractivity contribution in [3.63, 3.8) is 0 Å². The van der Waals surface area contributed by atoms with Gasteiger partial charge in [-0.3, -0.25) is 0 Å². The van der Waals surface area contributed by atoms with Gasteiger partial charge in [0.1, 0.15) is 5.75 Å². The summed E-state index contributed by atoms with van der Waals surface area (Å²) in [6, 6.07) is 7.88. The van der Waals surface area contributed by atoms with E-state index in [1.54, 1.807) is 18.2 Å². The monoisotopic (exact) mass is 458 g/mol. The van der Waals surface area contributed by atoms with E-state index in [1.165, 1.54) is 12.1 Å². The van der Waals surface area contributed by atoms with Gasteiger partial charge in [0.25, 0.3) is 0 Å². The molecule has 1 unspecified atom stereocenters. The summed E-state index contributed by atoms with van der Waals surface area (Å²) in [6.45, 7) is 0. The van der Waals surface area contributed by atoms with Crippen LogP contribution in [0.1, 0.15) is 51.4 Å². The molecule has 1 aromatic carbocycles. The molecule has 0 aliphatic rings. The van der Waals surface area contributed by atoms with Gasteiger partial charge in [-0.05, 0) is 25.0 Å². The maximum Gasteiger partial charge on any atom is 0.577 e. The Balaban J connectivity index is 2.22. The molecule has 1 atom stereocenters. The summed E-state index contributed by atoms with van der Waals surface area (Å²) < 4.78 is 89.0. The Morgan fingerprint density at radius 2 is 1.30 bits per heavy atom. The summed E-state index contributed by atoms with van der Waals surface area (Å²) in [5.74, 6) is 0.113. The number of ether oxygens (including phenoxy) is 1. The van der Waals surface area contributed by atoms with Crippen LogP contribution in [0.2, 0.25) is 0 Å². The van der Waals surface area contributed by atoms with Gasteiger partial charge in [-0.15, -0.1) is 0 Å². The largest absolute Gasteiger partial charge is 0.577 e. The molecule has 4 nitrogen and oxygen atoms in total. The van der Waals surface area contributed by atoms with E-state index < -0.39 is 33.1 Å². The minimum atomic E-state index is -4.43. The molecule has 0 spiro atoms. The smallest absolute Gasteiger partial charge is 0.433 e. The molecule has 30 heavy (non-hydrogen) atoms. The number of unbranched alkanes of at least 4 members (excludes halogenated alkanes) is 5. The van der Waals surface area contributed by atoms with E-state index in [-0.39, 0.29) is 25.0 Å². The molecule has 0 bridgehead atoms. The average Bonchev–Trinajstić information content (AvgIpc) is 2.71. The lowest BCUT2D eigenvalue weighted by atomic mass is 10.1. The van der Waals surface area contributed by atoms with Gasteiger partial charge in [-0.1, -0.05) is 50.3 Å². The van der Waals surface area contributed by atoms with E-state index in [9.17, 15) is 22.0 Å². The van der Waals surface area contributed by atoms with Crippen molar-refractivity contribution >= 4 is 8.80 Å². The van der Waals surface area contributed by atoms with Gasteiger partial charge < -0.3 is 18.0 Å². The number of hydrogen-bond donors (Lipinski definition) is 0. The standard InChI is InChI=1S/C20H31F5O4Si/c1-26-30(27-2,28-3)20(24,25)18(21)15-11-6-4-5-7-12-16-19(22,23)29-17-13-9-8-10-14-17/h8-10,13-14,18H,4-7,11-12,15-16H2,1-3H3. The molecule has 0 aliphatic heterocycles. The Kier molecular flexibility index (Phi) is 11.2. The molecular weight excluding hydrogens is 427 g/mol. The predicted molar refractivity (Wildman–Crippen MR) is 106 cm³/mol. The molecule has 0 amide bonds. The number of halogens is 5. The van der Waals surface area contributed by atoms with Gasteiger partial charge >= 0.3 is 20.5 Å². The van der Waals surface area contributed by atoms with Crippen molar-refractivity contribution in [1.29, 1.82) is 0 Å². The summed E-state index contributed by atoms with van der Waals surface area (Å²) in [7, 11) is -1.41. The molecule has 0 aromatic heterocycles. The van der Waals surface area contributed by atoms with Crippen LogP contribution in [0.4, 0.5) is 22.0 Å². The van der Waals surface area contributed by atoms with E-state index in [1.807, 2.05) is 0 Å².